The van der Waals surface area contributed by atoms with Crippen LogP contribution in [-0.2, 0) is 17.7 Å². The van der Waals surface area contributed by atoms with Gasteiger partial charge in [0.05, 0.1) is 17.0 Å². The van der Waals surface area contributed by atoms with Crippen molar-refractivity contribution >= 4 is 33.1 Å². The van der Waals surface area contributed by atoms with Crippen molar-refractivity contribution in [2.75, 3.05) is 18.8 Å². The van der Waals surface area contributed by atoms with Crippen LogP contribution in [-0.4, -0.2) is 41.2 Å². The average molecular weight is 476 g/mol. The molecule has 0 bridgehead atoms. The van der Waals surface area contributed by atoms with Crippen molar-refractivity contribution in [3.05, 3.63) is 51.5 Å². The predicted octanol–water partition coefficient (Wildman–Crippen LogP) is 5.10. The molecule has 3 aromatic rings. The number of thiophene rings is 1. The minimum Gasteiger partial charge on any atom is -0.474 e. The summed E-state index contributed by atoms with van der Waals surface area (Å²) in [7, 11) is 0. The summed E-state index contributed by atoms with van der Waals surface area (Å²) in [4.78, 5) is 5.49. The van der Waals surface area contributed by atoms with Crippen LogP contribution >= 0.6 is 11.3 Å². The van der Waals surface area contributed by atoms with Gasteiger partial charge in [0.15, 0.2) is 0 Å². The number of piperidine rings is 1. The number of nitrogen functional groups attached to an aromatic ring is 1. The van der Waals surface area contributed by atoms with E-state index in [2.05, 4.69) is 28.9 Å². The van der Waals surface area contributed by atoms with Crippen LogP contribution in [0.4, 0.5) is 18.2 Å². The summed E-state index contributed by atoms with van der Waals surface area (Å²) in [6.45, 7) is 4.40. The number of likely N-dealkylation sites (tertiary alicyclic amines) is 1. The van der Waals surface area contributed by atoms with E-state index in [0.29, 0.717) is 18.5 Å². The van der Waals surface area contributed by atoms with Gasteiger partial charge in [-0.25, -0.2) is 0 Å². The van der Waals surface area contributed by atoms with Crippen LogP contribution in [0.2, 0.25) is 0 Å². The maximum absolute atomic E-state index is 12.6. The maximum atomic E-state index is 12.6. The summed E-state index contributed by atoms with van der Waals surface area (Å²) in [6, 6.07) is 9.39. The van der Waals surface area contributed by atoms with Gasteiger partial charge in [0.25, 0.3) is 0 Å². The maximum Gasteiger partial charge on any atom is 0.393 e. The van der Waals surface area contributed by atoms with Gasteiger partial charge in [-0.05, 0) is 49.1 Å². The number of ether oxygens (including phenoxy) is 1. The summed E-state index contributed by atoms with van der Waals surface area (Å²) in [5, 5.41) is 18.5. The number of rotatable bonds is 5. The molecule has 0 aliphatic carbocycles. The second-order valence-corrected chi connectivity index (χ2v) is 9.48. The molecule has 1 aromatic carbocycles. The van der Waals surface area contributed by atoms with Crippen LogP contribution in [0.15, 0.2) is 24.3 Å². The van der Waals surface area contributed by atoms with Gasteiger partial charge in [0, 0.05) is 35.4 Å². The Morgan fingerprint density at radius 3 is 2.73 bits per heavy atom. The number of nitrogens with two attached hydrogens (primary N) is 1. The molecule has 10 heteroatoms. The van der Waals surface area contributed by atoms with E-state index in [4.69, 9.17) is 21.1 Å². The zero-order valence-electron chi connectivity index (χ0n) is 18.1. The summed E-state index contributed by atoms with van der Waals surface area (Å²) in [6.07, 6.45) is -4.12. The molecule has 4 N–H and O–H groups in total. The number of nitrogens with zero attached hydrogens (tertiary/aromatic N) is 2. The number of nitrogens with one attached hydrogen (secondary N) is 2. The van der Waals surface area contributed by atoms with Gasteiger partial charge in [0.2, 0.25) is 5.90 Å². The Labute approximate surface area is 193 Å². The van der Waals surface area contributed by atoms with E-state index >= 15 is 0 Å². The largest absolute Gasteiger partial charge is 0.474 e. The minimum atomic E-state index is -4.31. The first-order valence-corrected chi connectivity index (χ1v) is 11.4. The first-order valence-electron chi connectivity index (χ1n) is 10.6. The number of halogens is 3. The van der Waals surface area contributed by atoms with Crippen LogP contribution in [0.25, 0.3) is 10.9 Å². The second kappa shape index (κ2) is 9.08. The number of aryl methyl sites for hydroxylation is 1. The number of aromatic amines is 1. The van der Waals surface area contributed by atoms with Crippen molar-refractivity contribution in [3.8, 4) is 6.07 Å². The highest BCUT2D eigenvalue weighted by molar-refractivity contribution is 7.16. The van der Waals surface area contributed by atoms with Crippen LogP contribution in [0.1, 0.15) is 40.1 Å². The molecule has 33 heavy (non-hydrogen) atoms. The van der Waals surface area contributed by atoms with Gasteiger partial charge in [-0.3, -0.25) is 10.3 Å². The SMILES string of the molecule is Cc1c(CN2CCC(OC(=N)c3cc(CC(F)(F)F)sc3N)CC2)ccc2[nH]c(C#N)cc12. The molecule has 3 heterocycles. The highest BCUT2D eigenvalue weighted by Gasteiger charge is 2.30. The van der Waals surface area contributed by atoms with E-state index in [-0.39, 0.29) is 27.4 Å². The standard InChI is InChI=1S/C23H24F3N5OS/c1-13-14(2-3-20-18(13)8-15(11-27)30-20)12-31-6-4-16(5-7-31)32-21(28)19-9-17(33-22(19)29)10-23(24,25)26/h2-3,8-9,16,28,30H,4-7,10,12,29H2,1H3. The zero-order chi connectivity index (χ0) is 23.8. The van der Waals surface area contributed by atoms with E-state index in [9.17, 15) is 13.2 Å². The third-order valence-corrected chi connectivity index (χ3v) is 6.91. The predicted molar refractivity (Wildman–Crippen MR) is 122 cm³/mol. The highest BCUT2D eigenvalue weighted by atomic mass is 32.1. The molecule has 6 nitrogen and oxygen atoms in total. The number of hydrogen-bond acceptors (Lipinski definition) is 6. The summed E-state index contributed by atoms with van der Waals surface area (Å²) < 4.78 is 43.7. The monoisotopic (exact) mass is 475 g/mol. The third kappa shape index (κ3) is 5.31. The van der Waals surface area contributed by atoms with E-state index in [1.807, 2.05) is 12.1 Å². The smallest absolute Gasteiger partial charge is 0.393 e. The van der Waals surface area contributed by atoms with Gasteiger partial charge in [-0.1, -0.05) is 6.07 Å². The molecular weight excluding hydrogens is 451 g/mol. The molecule has 0 atom stereocenters. The fraction of sp³-hybridized carbons (Fsp3) is 0.391. The number of alkyl halides is 3. The summed E-state index contributed by atoms with van der Waals surface area (Å²) in [5.41, 5.74) is 9.91. The fourth-order valence-corrected chi connectivity index (χ4v) is 5.16. The van der Waals surface area contributed by atoms with Crippen molar-refractivity contribution in [1.82, 2.24) is 9.88 Å². The lowest BCUT2D eigenvalue weighted by molar-refractivity contribution is -0.126. The first-order chi connectivity index (χ1) is 15.6. The minimum absolute atomic E-state index is 0.0785. The lowest BCUT2D eigenvalue weighted by Gasteiger charge is -2.32. The summed E-state index contributed by atoms with van der Waals surface area (Å²) >= 11 is 0.847. The van der Waals surface area contributed by atoms with Gasteiger partial charge in [-0.2, -0.15) is 18.4 Å². The highest BCUT2D eigenvalue weighted by Crippen LogP contribution is 2.32. The number of anilines is 1. The number of fused-ring (bicyclic) bond motifs is 1. The van der Waals surface area contributed by atoms with Gasteiger partial charge in [-0.15, -0.1) is 11.3 Å². The van der Waals surface area contributed by atoms with E-state index in [1.165, 1.54) is 11.6 Å². The molecular formula is C23H24F3N5OS. The van der Waals surface area contributed by atoms with Crippen LogP contribution in [0.3, 0.4) is 0 Å². The zero-order valence-corrected chi connectivity index (χ0v) is 18.9. The van der Waals surface area contributed by atoms with E-state index in [0.717, 1.165) is 47.4 Å². The van der Waals surface area contributed by atoms with Gasteiger partial charge < -0.3 is 15.5 Å². The molecule has 1 fully saturated rings. The molecule has 1 saturated heterocycles. The number of aromatic nitrogens is 1. The second-order valence-electron chi connectivity index (χ2n) is 8.31. The first kappa shape index (κ1) is 23.1. The molecule has 0 amide bonds. The Morgan fingerprint density at radius 2 is 2.06 bits per heavy atom. The number of hydrogen-bond donors (Lipinski definition) is 3. The van der Waals surface area contributed by atoms with Crippen LogP contribution in [0.5, 0.6) is 0 Å². The number of nitriles is 1. The average Bonchev–Trinajstić information content (AvgIpc) is 3.33. The normalized spacial score (nSPS) is 15.6. The lowest BCUT2D eigenvalue weighted by Crippen LogP contribution is -2.37. The Kier molecular flexibility index (Phi) is 6.36. The van der Waals surface area contributed by atoms with Crippen molar-refractivity contribution in [3.63, 3.8) is 0 Å². The van der Waals surface area contributed by atoms with Crippen LogP contribution in [0, 0.1) is 23.7 Å². The van der Waals surface area contributed by atoms with Crippen LogP contribution < -0.4 is 5.73 Å². The topological polar surface area (TPSA) is 102 Å². The quantitative estimate of drug-likeness (QED) is 0.353. The van der Waals surface area contributed by atoms with E-state index < -0.39 is 12.6 Å². The molecule has 0 spiro atoms. The number of benzene rings is 1. The van der Waals surface area contributed by atoms with Gasteiger partial charge in [0.1, 0.15) is 17.9 Å². The molecule has 0 unspecified atom stereocenters. The molecule has 0 saturated carbocycles. The molecule has 174 valence electrons. The molecule has 1 aliphatic rings. The van der Waals surface area contributed by atoms with Crippen molar-refractivity contribution in [2.24, 2.45) is 0 Å². The Morgan fingerprint density at radius 1 is 1.33 bits per heavy atom. The molecule has 0 radical (unpaired) electrons. The summed E-state index contributed by atoms with van der Waals surface area (Å²) in [5.74, 6) is -0.169. The molecule has 2 aromatic heterocycles. The molecule has 4 rings (SSSR count). The van der Waals surface area contributed by atoms with Crippen molar-refractivity contribution in [2.45, 2.75) is 45.0 Å². The Balaban J connectivity index is 1.33. The Hall–Kier alpha value is -3.03. The molecule has 1 aliphatic heterocycles. The van der Waals surface area contributed by atoms with E-state index in [1.54, 1.807) is 0 Å². The lowest BCUT2D eigenvalue weighted by atomic mass is 10.0. The van der Waals surface area contributed by atoms with Crippen molar-refractivity contribution < 1.29 is 17.9 Å². The fourth-order valence-electron chi connectivity index (χ4n) is 4.20. The van der Waals surface area contributed by atoms with Gasteiger partial charge >= 0.3 is 6.18 Å². The van der Waals surface area contributed by atoms with Crippen molar-refractivity contribution in [1.29, 1.82) is 10.7 Å². The third-order valence-electron chi connectivity index (χ3n) is 5.95. The Bertz CT molecular complexity index is 1220. The number of H-pyrrole nitrogens is 1.